The van der Waals surface area contributed by atoms with Crippen molar-refractivity contribution in [2.45, 2.75) is 11.8 Å². The van der Waals surface area contributed by atoms with Crippen LogP contribution in [0.4, 0.5) is 4.39 Å². The van der Waals surface area contributed by atoms with Crippen molar-refractivity contribution in [2.24, 2.45) is 0 Å². The Labute approximate surface area is 113 Å². The summed E-state index contributed by atoms with van der Waals surface area (Å²) < 4.78 is 22.9. The zero-order valence-corrected chi connectivity index (χ0v) is 11.0. The van der Waals surface area contributed by atoms with Gasteiger partial charge in [0.05, 0.1) is 14.2 Å². The molecular formula is C12H12ClFO5. The summed E-state index contributed by atoms with van der Waals surface area (Å²) in [7, 11) is 1.79. The normalized spacial score (nSPS) is 12.7. The number of aliphatic hydroxyl groups excluding tert-OH is 1. The molecule has 1 aromatic carbocycles. The maximum absolute atomic E-state index is 14.5. The molecule has 0 saturated heterocycles. The third-order valence-corrected chi connectivity index (χ3v) is 2.78. The first kappa shape index (κ1) is 15.4. The average molecular weight is 291 g/mol. The van der Waals surface area contributed by atoms with Gasteiger partial charge in [-0.2, -0.15) is 0 Å². The summed E-state index contributed by atoms with van der Waals surface area (Å²) in [6.07, 6.45) is -2.07. The van der Waals surface area contributed by atoms with E-state index in [4.69, 9.17) is 11.6 Å². The van der Waals surface area contributed by atoms with E-state index < -0.39 is 23.7 Å². The highest BCUT2D eigenvalue weighted by molar-refractivity contribution is 6.30. The molecule has 0 aliphatic rings. The Morgan fingerprint density at radius 2 is 1.63 bits per heavy atom. The molecule has 104 valence electrons. The lowest BCUT2D eigenvalue weighted by molar-refractivity contribution is -0.181. The van der Waals surface area contributed by atoms with Gasteiger partial charge in [0.1, 0.15) is 6.10 Å². The number of hydrogen-bond acceptors (Lipinski definition) is 5. The first-order valence-corrected chi connectivity index (χ1v) is 5.55. The number of hydrogen-bond donors (Lipinski definition) is 1. The van der Waals surface area contributed by atoms with Crippen LogP contribution in [0.2, 0.25) is 5.02 Å². The molecule has 1 rings (SSSR count). The molecule has 1 N–H and O–H groups in total. The number of ether oxygens (including phenoxy) is 2. The number of carbonyl (C=O) groups excluding carboxylic acids is 2. The molecule has 0 bridgehead atoms. The fourth-order valence-corrected chi connectivity index (χ4v) is 1.60. The van der Waals surface area contributed by atoms with Crippen LogP contribution in [-0.2, 0) is 19.1 Å². The SMILES string of the molecule is COC(=O)C(F)(C(=O)OC)C(O)c1ccc(Cl)cc1. The largest absolute Gasteiger partial charge is 0.466 e. The summed E-state index contributed by atoms with van der Waals surface area (Å²) >= 11 is 5.65. The standard InChI is InChI=1S/C12H12ClFO5/c1-18-10(16)12(14,11(17)19-2)9(15)7-3-5-8(13)6-4-7/h3-6,9,15H,1-2H3. The fourth-order valence-electron chi connectivity index (χ4n) is 1.48. The number of rotatable bonds is 4. The van der Waals surface area contributed by atoms with Gasteiger partial charge < -0.3 is 14.6 Å². The van der Waals surface area contributed by atoms with Gasteiger partial charge in [-0.05, 0) is 17.7 Å². The van der Waals surface area contributed by atoms with Crippen molar-refractivity contribution in [3.05, 3.63) is 34.9 Å². The van der Waals surface area contributed by atoms with Gasteiger partial charge in [-0.3, -0.25) is 0 Å². The lowest BCUT2D eigenvalue weighted by Gasteiger charge is -2.25. The number of methoxy groups -OCH3 is 2. The number of benzene rings is 1. The van der Waals surface area contributed by atoms with E-state index in [0.29, 0.717) is 5.02 Å². The molecule has 0 aliphatic carbocycles. The fraction of sp³-hybridized carbons (Fsp3) is 0.333. The minimum absolute atomic E-state index is 0.0114. The van der Waals surface area contributed by atoms with Gasteiger partial charge in [-0.1, -0.05) is 23.7 Å². The minimum Gasteiger partial charge on any atom is -0.466 e. The summed E-state index contributed by atoms with van der Waals surface area (Å²) in [5, 5.41) is 10.3. The van der Waals surface area contributed by atoms with E-state index in [-0.39, 0.29) is 5.56 Å². The monoisotopic (exact) mass is 290 g/mol. The van der Waals surface area contributed by atoms with Crippen molar-refractivity contribution in [3.63, 3.8) is 0 Å². The second kappa shape index (κ2) is 5.99. The maximum atomic E-state index is 14.5. The second-order valence-electron chi connectivity index (χ2n) is 3.65. The van der Waals surface area contributed by atoms with Crippen molar-refractivity contribution in [3.8, 4) is 0 Å². The lowest BCUT2D eigenvalue weighted by Crippen LogP contribution is -2.49. The second-order valence-corrected chi connectivity index (χ2v) is 4.09. The molecule has 0 aliphatic heterocycles. The summed E-state index contributed by atoms with van der Waals surface area (Å²) in [4.78, 5) is 22.9. The van der Waals surface area contributed by atoms with Gasteiger partial charge >= 0.3 is 17.6 Å². The maximum Gasteiger partial charge on any atom is 0.358 e. The van der Waals surface area contributed by atoms with Gasteiger partial charge in [0, 0.05) is 5.02 Å². The van der Waals surface area contributed by atoms with Crippen molar-refractivity contribution in [1.82, 2.24) is 0 Å². The number of alkyl halides is 1. The third kappa shape index (κ3) is 2.85. The van der Waals surface area contributed by atoms with Crippen LogP contribution in [-0.4, -0.2) is 36.9 Å². The average Bonchev–Trinajstić information content (AvgIpc) is 2.44. The van der Waals surface area contributed by atoms with E-state index in [1.54, 1.807) is 0 Å². The topological polar surface area (TPSA) is 72.8 Å². The van der Waals surface area contributed by atoms with Crippen LogP contribution in [0.15, 0.2) is 24.3 Å². The van der Waals surface area contributed by atoms with Crippen LogP contribution >= 0.6 is 11.6 Å². The molecule has 5 nitrogen and oxygen atoms in total. The minimum atomic E-state index is -3.34. The van der Waals surface area contributed by atoms with Crippen molar-refractivity contribution >= 4 is 23.5 Å². The van der Waals surface area contributed by atoms with E-state index in [9.17, 15) is 19.1 Å². The van der Waals surface area contributed by atoms with Crippen molar-refractivity contribution in [1.29, 1.82) is 0 Å². The quantitative estimate of drug-likeness (QED) is 0.671. The van der Waals surface area contributed by atoms with Gasteiger partial charge in [0.2, 0.25) is 0 Å². The smallest absolute Gasteiger partial charge is 0.358 e. The predicted molar refractivity (Wildman–Crippen MR) is 64.3 cm³/mol. The van der Waals surface area contributed by atoms with E-state index >= 15 is 0 Å². The molecule has 0 heterocycles. The van der Waals surface area contributed by atoms with E-state index in [1.807, 2.05) is 0 Å². The number of aliphatic hydroxyl groups is 1. The van der Waals surface area contributed by atoms with Crippen molar-refractivity contribution < 1.29 is 28.6 Å². The van der Waals surface area contributed by atoms with E-state index in [0.717, 1.165) is 14.2 Å². The first-order valence-electron chi connectivity index (χ1n) is 5.17. The molecule has 0 amide bonds. The third-order valence-electron chi connectivity index (χ3n) is 2.53. The highest BCUT2D eigenvalue weighted by Gasteiger charge is 2.56. The molecule has 0 radical (unpaired) electrons. The van der Waals surface area contributed by atoms with Crippen LogP contribution < -0.4 is 0 Å². The lowest BCUT2D eigenvalue weighted by atomic mass is 9.92. The molecule has 7 heteroatoms. The molecule has 1 unspecified atom stereocenters. The number of carbonyl (C=O) groups is 2. The molecular weight excluding hydrogens is 279 g/mol. The summed E-state index contributed by atoms with van der Waals surface area (Å²) in [6.45, 7) is 0. The molecule has 0 spiro atoms. The zero-order valence-electron chi connectivity index (χ0n) is 10.2. The van der Waals surface area contributed by atoms with E-state index in [2.05, 4.69) is 9.47 Å². The number of esters is 2. The highest BCUT2D eigenvalue weighted by Crippen LogP contribution is 2.32. The Balaban J connectivity index is 3.21. The van der Waals surface area contributed by atoms with E-state index in [1.165, 1.54) is 24.3 Å². The van der Waals surface area contributed by atoms with Gasteiger partial charge in [0.15, 0.2) is 0 Å². The van der Waals surface area contributed by atoms with Gasteiger partial charge in [-0.15, -0.1) is 0 Å². The Hall–Kier alpha value is -1.66. The van der Waals surface area contributed by atoms with Crippen LogP contribution in [0.25, 0.3) is 0 Å². The summed E-state index contributed by atoms with van der Waals surface area (Å²) in [5.74, 6) is -3.08. The highest BCUT2D eigenvalue weighted by atomic mass is 35.5. The summed E-state index contributed by atoms with van der Waals surface area (Å²) in [6, 6.07) is 5.34. The number of halogens is 2. The molecule has 0 saturated carbocycles. The zero-order chi connectivity index (χ0) is 14.6. The van der Waals surface area contributed by atoms with Crippen LogP contribution in [0.5, 0.6) is 0 Å². The van der Waals surface area contributed by atoms with Crippen molar-refractivity contribution in [2.75, 3.05) is 14.2 Å². The Morgan fingerprint density at radius 1 is 1.21 bits per heavy atom. The van der Waals surface area contributed by atoms with Gasteiger partial charge in [0.25, 0.3) is 0 Å². The van der Waals surface area contributed by atoms with Gasteiger partial charge in [-0.25, -0.2) is 14.0 Å². The molecule has 0 aromatic heterocycles. The Bertz CT molecular complexity index is 458. The van der Waals surface area contributed by atoms with Crippen LogP contribution in [0.1, 0.15) is 11.7 Å². The first-order chi connectivity index (χ1) is 8.87. The predicted octanol–water partition coefficient (Wildman–Crippen LogP) is 1.43. The van der Waals surface area contributed by atoms with Crippen LogP contribution in [0.3, 0.4) is 0 Å². The molecule has 1 atom stereocenters. The molecule has 0 fully saturated rings. The molecule has 19 heavy (non-hydrogen) atoms. The van der Waals surface area contributed by atoms with Crippen LogP contribution in [0, 0.1) is 0 Å². The Morgan fingerprint density at radius 3 is 2.00 bits per heavy atom. The summed E-state index contributed by atoms with van der Waals surface area (Å²) in [5.41, 5.74) is -3.35. The Kier molecular flexibility index (Phi) is 4.85. The molecule has 1 aromatic rings.